The third-order valence-electron chi connectivity index (χ3n) is 6.57. The van der Waals surface area contributed by atoms with Crippen LogP contribution in [-0.4, -0.2) is 4.86 Å². The van der Waals surface area contributed by atoms with Crippen molar-refractivity contribution in [2.24, 2.45) is 10.5 Å². The van der Waals surface area contributed by atoms with E-state index >= 15 is 0 Å². The van der Waals surface area contributed by atoms with E-state index in [1.54, 1.807) is 0 Å². The van der Waals surface area contributed by atoms with Crippen LogP contribution in [0, 0.1) is 10.6 Å². The van der Waals surface area contributed by atoms with Crippen molar-refractivity contribution in [3.63, 3.8) is 0 Å². The predicted molar refractivity (Wildman–Crippen MR) is 132 cm³/mol. The molecule has 0 atom stereocenters. The van der Waals surface area contributed by atoms with Gasteiger partial charge in [0.05, 0.1) is 0 Å². The molecule has 1 aliphatic rings. The van der Waals surface area contributed by atoms with E-state index in [1.807, 2.05) is 36.4 Å². The second-order valence-corrected chi connectivity index (χ2v) is 9.27. The maximum Gasteiger partial charge on any atom is 0.240 e. The van der Waals surface area contributed by atoms with Crippen molar-refractivity contribution in [2.75, 3.05) is 0 Å². The van der Waals surface area contributed by atoms with Gasteiger partial charge < -0.3 is 5.21 Å². The standard InChI is InChI=1S/C28H44N2O/c1-3-5-7-9-11-16-22-28(23-17-12-10-8-6-4-2)24-20-27(21-25-28)30(31)29-26-18-14-13-15-19-26/h13-15,18-21,24H,3-12,16-17,22-23,25H2,1-2H3. The van der Waals surface area contributed by atoms with Gasteiger partial charge in [-0.05, 0) is 42.9 Å². The summed E-state index contributed by atoms with van der Waals surface area (Å²) in [5.41, 5.74) is 1.60. The molecule has 0 unspecified atom stereocenters. The lowest BCUT2D eigenvalue weighted by Gasteiger charge is -2.32. The maximum atomic E-state index is 12.5. The Labute approximate surface area is 190 Å². The molecular weight excluding hydrogens is 380 g/mol. The van der Waals surface area contributed by atoms with E-state index in [9.17, 15) is 5.21 Å². The van der Waals surface area contributed by atoms with Gasteiger partial charge in [0.25, 0.3) is 0 Å². The Bertz CT molecular complexity index is 674. The second-order valence-electron chi connectivity index (χ2n) is 9.27. The molecule has 0 radical (unpaired) electrons. The smallest absolute Gasteiger partial charge is 0.240 e. The zero-order valence-electron chi connectivity index (χ0n) is 20.0. The van der Waals surface area contributed by atoms with E-state index in [2.05, 4.69) is 31.1 Å². The highest BCUT2D eigenvalue weighted by atomic mass is 16.5. The minimum Gasteiger partial charge on any atom is -0.594 e. The summed E-state index contributed by atoms with van der Waals surface area (Å²) in [5, 5.41) is 16.7. The van der Waals surface area contributed by atoms with Crippen molar-refractivity contribution in [3.05, 3.63) is 59.5 Å². The first kappa shape index (κ1) is 25.4. The molecule has 1 aliphatic carbocycles. The Morgan fingerprint density at radius 1 is 0.806 bits per heavy atom. The summed E-state index contributed by atoms with van der Waals surface area (Å²) in [6.07, 6.45) is 26.0. The van der Waals surface area contributed by atoms with Crippen molar-refractivity contribution < 1.29 is 4.86 Å². The fourth-order valence-electron chi connectivity index (χ4n) is 4.52. The topological polar surface area (TPSA) is 38.4 Å². The number of benzene rings is 1. The van der Waals surface area contributed by atoms with Crippen LogP contribution in [0.15, 0.2) is 59.4 Å². The first-order chi connectivity index (χ1) is 15.2. The number of allylic oxidation sites excluding steroid dienone is 3. The van der Waals surface area contributed by atoms with Crippen LogP contribution >= 0.6 is 0 Å². The summed E-state index contributed by atoms with van der Waals surface area (Å²) in [7, 11) is 0. The molecule has 3 heteroatoms. The molecule has 2 rings (SSSR count). The lowest BCUT2D eigenvalue weighted by molar-refractivity contribution is -0.468. The van der Waals surface area contributed by atoms with E-state index in [4.69, 9.17) is 0 Å². The zero-order chi connectivity index (χ0) is 22.2. The van der Waals surface area contributed by atoms with Gasteiger partial charge in [-0.1, -0.05) is 120 Å². The van der Waals surface area contributed by atoms with Gasteiger partial charge in [0.15, 0.2) is 0 Å². The molecule has 31 heavy (non-hydrogen) atoms. The molecule has 0 fully saturated rings. The van der Waals surface area contributed by atoms with Crippen molar-refractivity contribution in [3.8, 4) is 0 Å². The fraction of sp³-hybridized carbons (Fsp3) is 0.643. The van der Waals surface area contributed by atoms with Crippen LogP contribution in [0.1, 0.15) is 110 Å². The predicted octanol–water partition coefficient (Wildman–Crippen LogP) is 9.61. The molecule has 172 valence electrons. The number of hydrogen-bond acceptors (Lipinski definition) is 2. The lowest BCUT2D eigenvalue weighted by atomic mass is 9.73. The van der Waals surface area contributed by atoms with E-state index in [0.29, 0.717) is 11.4 Å². The summed E-state index contributed by atoms with van der Waals surface area (Å²) < 4.78 is 0. The molecule has 0 aliphatic heterocycles. The third kappa shape index (κ3) is 9.84. The normalized spacial score (nSPS) is 15.8. The van der Waals surface area contributed by atoms with Gasteiger partial charge in [0.1, 0.15) is 5.69 Å². The molecule has 0 aromatic heterocycles. The molecular formula is C28H44N2O. The van der Waals surface area contributed by atoms with Crippen molar-refractivity contribution in [2.45, 2.75) is 110 Å². The van der Waals surface area contributed by atoms with Gasteiger partial charge >= 0.3 is 0 Å². The van der Waals surface area contributed by atoms with Crippen LogP contribution in [0.2, 0.25) is 0 Å². The van der Waals surface area contributed by atoms with Crippen molar-refractivity contribution >= 4 is 5.69 Å². The molecule has 0 N–H and O–H groups in total. The lowest BCUT2D eigenvalue weighted by Crippen LogP contribution is -2.21. The summed E-state index contributed by atoms with van der Waals surface area (Å²) in [6.45, 7) is 4.55. The largest absolute Gasteiger partial charge is 0.594 e. The van der Waals surface area contributed by atoms with Crippen LogP contribution in [0.25, 0.3) is 0 Å². The van der Waals surface area contributed by atoms with Crippen LogP contribution in [0.3, 0.4) is 0 Å². The summed E-state index contributed by atoms with van der Waals surface area (Å²) in [4.78, 5) is 0.783. The minimum absolute atomic E-state index is 0.229. The molecule has 0 heterocycles. The number of unbranched alkanes of at least 4 members (excludes halogenated alkanes) is 10. The average Bonchev–Trinajstić information content (AvgIpc) is 2.80. The first-order valence-corrected chi connectivity index (χ1v) is 12.8. The van der Waals surface area contributed by atoms with Gasteiger partial charge in [-0.3, -0.25) is 0 Å². The fourth-order valence-corrected chi connectivity index (χ4v) is 4.52. The summed E-state index contributed by atoms with van der Waals surface area (Å²) in [5.74, 6) is 0. The highest BCUT2D eigenvalue weighted by Gasteiger charge is 2.29. The van der Waals surface area contributed by atoms with Gasteiger partial charge in [0.2, 0.25) is 5.70 Å². The Hall–Kier alpha value is -1.90. The minimum atomic E-state index is 0.229. The average molecular weight is 425 g/mol. The monoisotopic (exact) mass is 424 g/mol. The maximum absolute atomic E-state index is 12.5. The van der Waals surface area contributed by atoms with Crippen LogP contribution in [0.5, 0.6) is 0 Å². The van der Waals surface area contributed by atoms with E-state index < -0.39 is 0 Å². The number of hydroxylamine groups is 1. The Morgan fingerprint density at radius 2 is 1.35 bits per heavy atom. The molecule has 1 aromatic carbocycles. The van der Waals surface area contributed by atoms with Gasteiger partial charge in [-0.15, -0.1) is 0 Å². The Morgan fingerprint density at radius 3 is 1.87 bits per heavy atom. The molecule has 1 aromatic rings. The highest BCUT2D eigenvalue weighted by molar-refractivity contribution is 5.34. The van der Waals surface area contributed by atoms with Gasteiger partial charge in [-0.25, -0.2) is 0 Å². The Balaban J connectivity index is 1.92. The van der Waals surface area contributed by atoms with E-state index in [1.165, 1.54) is 89.9 Å². The van der Waals surface area contributed by atoms with Crippen molar-refractivity contribution in [1.29, 1.82) is 0 Å². The number of nitrogens with zero attached hydrogens (tertiary/aromatic N) is 2. The number of rotatable bonds is 16. The number of azo groups is 1. The molecule has 0 amide bonds. The van der Waals surface area contributed by atoms with Gasteiger partial charge in [-0.2, -0.15) is 0 Å². The van der Waals surface area contributed by atoms with Crippen LogP contribution in [-0.2, 0) is 0 Å². The van der Waals surface area contributed by atoms with Crippen LogP contribution < -0.4 is 0 Å². The molecule has 0 spiro atoms. The van der Waals surface area contributed by atoms with Crippen molar-refractivity contribution in [1.82, 2.24) is 0 Å². The summed E-state index contributed by atoms with van der Waals surface area (Å²) >= 11 is 0. The van der Waals surface area contributed by atoms with Crippen LogP contribution in [0.4, 0.5) is 5.69 Å². The number of hydrogen-bond donors (Lipinski definition) is 0. The zero-order valence-corrected chi connectivity index (χ0v) is 20.0. The third-order valence-corrected chi connectivity index (χ3v) is 6.57. The molecule has 3 nitrogen and oxygen atoms in total. The van der Waals surface area contributed by atoms with Gasteiger partial charge in [0, 0.05) is 11.2 Å². The molecule has 0 saturated carbocycles. The first-order valence-electron chi connectivity index (χ1n) is 12.8. The Kier molecular flexibility index (Phi) is 12.3. The molecule has 0 saturated heterocycles. The quantitative estimate of drug-likeness (QED) is 0.113. The highest BCUT2D eigenvalue weighted by Crippen LogP contribution is 2.40. The van der Waals surface area contributed by atoms with E-state index in [0.717, 1.165) is 11.3 Å². The summed E-state index contributed by atoms with van der Waals surface area (Å²) in [6, 6.07) is 9.47. The van der Waals surface area contributed by atoms with E-state index in [-0.39, 0.29) is 5.41 Å². The molecule has 0 bridgehead atoms. The SMILES string of the molecule is CCCCCCCCC1(CCCCCCCC)C=CC([N+]([O-])=Nc2ccccc2)=CC1. The second kappa shape index (κ2) is 15.0.